The van der Waals surface area contributed by atoms with E-state index in [0.717, 1.165) is 31.2 Å². The molecule has 0 saturated heterocycles. The first-order valence-corrected chi connectivity index (χ1v) is 6.76. The maximum absolute atomic E-state index is 5.75. The molecule has 2 aromatic heterocycles. The minimum absolute atomic E-state index is 0.747. The molecule has 3 rings (SSSR count). The summed E-state index contributed by atoms with van der Waals surface area (Å²) in [5, 5.41) is 0. The second-order valence-electron chi connectivity index (χ2n) is 3.93. The summed E-state index contributed by atoms with van der Waals surface area (Å²) in [6.45, 7) is 2.07. The van der Waals surface area contributed by atoms with Gasteiger partial charge in [0, 0.05) is 5.69 Å². The highest BCUT2D eigenvalue weighted by molar-refractivity contribution is 9.11. The number of aromatic nitrogens is 2. The van der Waals surface area contributed by atoms with Gasteiger partial charge in [0.05, 0.1) is 19.7 Å². The monoisotopic (exact) mass is 307 g/mol. The third-order valence-corrected chi connectivity index (χ3v) is 4.74. The molecule has 3 nitrogen and oxygen atoms in total. The summed E-state index contributed by atoms with van der Waals surface area (Å²) in [5.74, 6) is 0.893. The molecule has 0 fully saturated rings. The van der Waals surface area contributed by atoms with Crippen molar-refractivity contribution >= 4 is 44.0 Å². The zero-order valence-corrected chi connectivity index (χ0v) is 11.5. The Morgan fingerprint density at radius 3 is 2.88 bits per heavy atom. The first kappa shape index (κ1) is 10.8. The van der Waals surface area contributed by atoms with E-state index in [1.54, 1.807) is 11.3 Å². The molecule has 0 atom stereocenters. The fourth-order valence-electron chi connectivity index (χ4n) is 1.72. The molecule has 0 saturated carbocycles. The van der Waals surface area contributed by atoms with Crippen molar-refractivity contribution in [1.29, 1.82) is 0 Å². The summed E-state index contributed by atoms with van der Waals surface area (Å²) < 4.78 is 1.15. The van der Waals surface area contributed by atoms with Crippen LogP contribution in [0.25, 0.3) is 21.7 Å². The van der Waals surface area contributed by atoms with Crippen LogP contribution in [0.5, 0.6) is 0 Å². The summed E-state index contributed by atoms with van der Waals surface area (Å²) >= 11 is 5.20. The Hall–Kier alpha value is -1.33. The predicted molar refractivity (Wildman–Crippen MR) is 76.3 cm³/mol. The average molecular weight is 308 g/mol. The number of nitrogen functional groups attached to an aromatic ring is 1. The average Bonchev–Trinajstić information content (AvgIpc) is 2.83. The molecule has 0 aliphatic carbocycles. The van der Waals surface area contributed by atoms with Gasteiger partial charge in [-0.05, 0) is 52.7 Å². The lowest BCUT2D eigenvalue weighted by molar-refractivity contribution is 1.35. The van der Waals surface area contributed by atoms with Crippen molar-refractivity contribution in [3.8, 4) is 10.7 Å². The van der Waals surface area contributed by atoms with E-state index < -0.39 is 0 Å². The number of nitrogens with two attached hydrogens (primary N) is 1. The van der Waals surface area contributed by atoms with Crippen LogP contribution in [0.3, 0.4) is 0 Å². The van der Waals surface area contributed by atoms with Gasteiger partial charge in [-0.15, -0.1) is 11.3 Å². The molecule has 0 spiro atoms. The Balaban J connectivity index is 2.17. The fraction of sp³-hybridized carbons (Fsp3) is 0.0833. The number of hydrogen-bond donors (Lipinski definition) is 2. The van der Waals surface area contributed by atoms with Crippen LogP contribution in [0.1, 0.15) is 5.56 Å². The second-order valence-corrected chi connectivity index (χ2v) is 6.30. The van der Waals surface area contributed by atoms with Gasteiger partial charge in [0.15, 0.2) is 0 Å². The highest BCUT2D eigenvalue weighted by Crippen LogP contribution is 2.34. The largest absolute Gasteiger partial charge is 0.399 e. The standard InChI is InChI=1S/C12H10BrN3S/c1-6-4-10(17-11(6)13)12-15-8-3-2-7(14)5-9(8)16-12/h2-5H,14H2,1H3,(H,15,16). The van der Waals surface area contributed by atoms with E-state index in [1.807, 2.05) is 18.2 Å². The number of halogens is 1. The number of anilines is 1. The van der Waals surface area contributed by atoms with Gasteiger partial charge in [-0.1, -0.05) is 0 Å². The summed E-state index contributed by atoms with van der Waals surface area (Å²) in [7, 11) is 0. The Labute approximate surface area is 111 Å². The third kappa shape index (κ3) is 1.85. The highest BCUT2D eigenvalue weighted by atomic mass is 79.9. The van der Waals surface area contributed by atoms with Crippen LogP contribution in [-0.4, -0.2) is 9.97 Å². The zero-order chi connectivity index (χ0) is 12.0. The van der Waals surface area contributed by atoms with Crippen LogP contribution in [-0.2, 0) is 0 Å². The Morgan fingerprint density at radius 1 is 1.35 bits per heavy atom. The smallest absolute Gasteiger partial charge is 0.148 e. The molecule has 0 aliphatic rings. The molecular weight excluding hydrogens is 298 g/mol. The molecule has 0 aliphatic heterocycles. The van der Waals surface area contributed by atoms with Gasteiger partial charge < -0.3 is 10.7 Å². The van der Waals surface area contributed by atoms with Crippen LogP contribution in [0, 0.1) is 6.92 Å². The van der Waals surface area contributed by atoms with Crippen molar-refractivity contribution in [2.24, 2.45) is 0 Å². The summed E-state index contributed by atoms with van der Waals surface area (Å²) in [5.41, 5.74) is 9.64. The quantitative estimate of drug-likeness (QED) is 0.669. The first-order valence-electron chi connectivity index (χ1n) is 5.15. The number of benzene rings is 1. The van der Waals surface area contributed by atoms with Crippen LogP contribution >= 0.6 is 27.3 Å². The van der Waals surface area contributed by atoms with E-state index in [4.69, 9.17) is 5.73 Å². The lowest BCUT2D eigenvalue weighted by Gasteiger charge is -1.89. The predicted octanol–water partition coefficient (Wildman–Crippen LogP) is 3.94. The lowest BCUT2D eigenvalue weighted by atomic mass is 10.3. The molecule has 0 amide bonds. The van der Waals surface area contributed by atoms with Crippen molar-refractivity contribution < 1.29 is 0 Å². The van der Waals surface area contributed by atoms with Gasteiger partial charge in [-0.3, -0.25) is 0 Å². The van der Waals surface area contributed by atoms with E-state index in [-0.39, 0.29) is 0 Å². The van der Waals surface area contributed by atoms with Crippen LogP contribution in [0.15, 0.2) is 28.1 Å². The number of nitrogens with zero attached hydrogens (tertiary/aromatic N) is 1. The number of fused-ring (bicyclic) bond motifs is 1. The Bertz CT molecular complexity index is 679. The van der Waals surface area contributed by atoms with Crippen LogP contribution < -0.4 is 5.73 Å². The molecule has 17 heavy (non-hydrogen) atoms. The molecule has 0 bridgehead atoms. The summed E-state index contributed by atoms with van der Waals surface area (Å²) in [6.07, 6.45) is 0. The van der Waals surface area contributed by atoms with Gasteiger partial charge in [0.2, 0.25) is 0 Å². The van der Waals surface area contributed by atoms with Crippen molar-refractivity contribution in [3.05, 3.63) is 33.6 Å². The van der Waals surface area contributed by atoms with E-state index in [9.17, 15) is 0 Å². The molecule has 3 N–H and O–H groups in total. The van der Waals surface area contributed by atoms with Gasteiger partial charge in [-0.2, -0.15) is 0 Å². The molecule has 5 heteroatoms. The van der Waals surface area contributed by atoms with E-state index in [1.165, 1.54) is 5.56 Å². The second kappa shape index (κ2) is 3.85. The molecule has 2 heterocycles. The summed E-state index contributed by atoms with van der Waals surface area (Å²) in [6, 6.07) is 7.82. The van der Waals surface area contributed by atoms with Gasteiger partial charge in [0.25, 0.3) is 0 Å². The van der Waals surface area contributed by atoms with Crippen molar-refractivity contribution in [3.63, 3.8) is 0 Å². The van der Waals surface area contributed by atoms with Crippen molar-refractivity contribution in [2.45, 2.75) is 6.92 Å². The van der Waals surface area contributed by atoms with Gasteiger partial charge in [0.1, 0.15) is 5.82 Å². The van der Waals surface area contributed by atoms with Crippen molar-refractivity contribution in [2.75, 3.05) is 5.73 Å². The molecule has 0 unspecified atom stereocenters. The number of imidazole rings is 1. The molecule has 1 aromatic carbocycles. The first-order chi connectivity index (χ1) is 8.13. The Morgan fingerprint density at radius 2 is 2.18 bits per heavy atom. The van der Waals surface area contributed by atoms with Crippen LogP contribution in [0.2, 0.25) is 0 Å². The molecule has 3 aromatic rings. The minimum Gasteiger partial charge on any atom is -0.399 e. The minimum atomic E-state index is 0.747. The third-order valence-electron chi connectivity index (χ3n) is 2.60. The molecule has 86 valence electrons. The number of nitrogens with one attached hydrogen (secondary N) is 1. The van der Waals surface area contributed by atoms with Gasteiger partial charge in [-0.25, -0.2) is 4.98 Å². The van der Waals surface area contributed by atoms with Crippen LogP contribution in [0.4, 0.5) is 5.69 Å². The number of thiophene rings is 1. The molecule has 0 radical (unpaired) electrons. The van der Waals surface area contributed by atoms with Crippen molar-refractivity contribution in [1.82, 2.24) is 9.97 Å². The van der Waals surface area contributed by atoms with E-state index in [2.05, 4.69) is 38.9 Å². The van der Waals surface area contributed by atoms with Gasteiger partial charge >= 0.3 is 0 Å². The number of aromatic amines is 1. The number of rotatable bonds is 1. The normalized spacial score (nSPS) is 11.2. The van der Waals surface area contributed by atoms with E-state index >= 15 is 0 Å². The maximum atomic E-state index is 5.75. The topological polar surface area (TPSA) is 54.7 Å². The van der Waals surface area contributed by atoms with E-state index in [0.29, 0.717) is 0 Å². The Kier molecular flexibility index (Phi) is 2.45. The number of hydrogen-bond acceptors (Lipinski definition) is 3. The highest BCUT2D eigenvalue weighted by Gasteiger charge is 2.09. The number of aryl methyl sites for hydroxylation is 1. The maximum Gasteiger partial charge on any atom is 0.148 e. The SMILES string of the molecule is Cc1cc(-c2nc3ccc(N)cc3[nH]2)sc1Br. The lowest BCUT2D eigenvalue weighted by Crippen LogP contribution is -1.82. The number of H-pyrrole nitrogens is 1. The zero-order valence-electron chi connectivity index (χ0n) is 9.12. The summed E-state index contributed by atoms with van der Waals surface area (Å²) in [4.78, 5) is 8.98. The fourth-order valence-corrected chi connectivity index (χ4v) is 3.20. The molecular formula is C12H10BrN3S.